The van der Waals surface area contributed by atoms with Crippen LogP contribution in [0.3, 0.4) is 0 Å². The van der Waals surface area contributed by atoms with E-state index >= 15 is 0 Å². The molecule has 0 aliphatic carbocycles. The summed E-state index contributed by atoms with van der Waals surface area (Å²) in [5.74, 6) is -0.681. The van der Waals surface area contributed by atoms with Crippen molar-refractivity contribution in [2.24, 2.45) is 17.1 Å². The molecule has 0 bridgehead atoms. The fraction of sp³-hybridized carbons (Fsp3) is 0.500. The number of benzene rings is 1. The molecule has 0 spiro atoms. The molecule has 25 heavy (non-hydrogen) atoms. The summed E-state index contributed by atoms with van der Waals surface area (Å²) in [4.78, 5) is 40.4. The van der Waals surface area contributed by atoms with E-state index in [-0.39, 0.29) is 30.2 Å². The lowest BCUT2D eigenvalue weighted by atomic mass is 9.74. The van der Waals surface area contributed by atoms with Crippen molar-refractivity contribution >= 4 is 17.7 Å². The predicted molar refractivity (Wildman–Crippen MR) is 88.3 cm³/mol. The van der Waals surface area contributed by atoms with E-state index in [0.29, 0.717) is 44.8 Å². The second-order valence-electron chi connectivity index (χ2n) is 7.13. The lowest BCUT2D eigenvalue weighted by Crippen LogP contribution is -2.48. The monoisotopic (exact) mass is 343 g/mol. The van der Waals surface area contributed by atoms with E-state index in [0.717, 1.165) is 5.56 Å². The molecule has 0 saturated carbocycles. The van der Waals surface area contributed by atoms with Gasteiger partial charge >= 0.3 is 0 Å². The first kappa shape index (κ1) is 16.1. The summed E-state index contributed by atoms with van der Waals surface area (Å²) in [6.45, 7) is 2.18. The van der Waals surface area contributed by atoms with Gasteiger partial charge in [0.05, 0.1) is 12.0 Å². The smallest absolute Gasteiger partial charge is 0.254 e. The third-order valence-electron chi connectivity index (χ3n) is 5.77. The van der Waals surface area contributed by atoms with E-state index in [2.05, 4.69) is 0 Å². The minimum Gasteiger partial charge on any atom is -0.381 e. The van der Waals surface area contributed by atoms with Crippen molar-refractivity contribution in [3.63, 3.8) is 0 Å². The zero-order valence-corrected chi connectivity index (χ0v) is 13.9. The molecular formula is C18H21N3O4. The number of fused-ring (bicyclic) bond motifs is 2. The van der Waals surface area contributed by atoms with E-state index in [1.54, 1.807) is 15.9 Å². The van der Waals surface area contributed by atoms with Crippen LogP contribution in [0, 0.1) is 11.3 Å². The average Bonchev–Trinajstić information content (AvgIpc) is 3.15. The molecule has 132 valence electrons. The second-order valence-corrected chi connectivity index (χ2v) is 7.13. The van der Waals surface area contributed by atoms with Gasteiger partial charge in [-0.2, -0.15) is 0 Å². The zero-order chi connectivity index (χ0) is 17.6. The predicted octanol–water partition coefficient (Wildman–Crippen LogP) is -0.00720. The second kappa shape index (κ2) is 5.84. The molecule has 7 nitrogen and oxygen atoms in total. The normalized spacial score (nSPS) is 28.0. The number of carbonyl (C=O) groups is 3. The summed E-state index contributed by atoms with van der Waals surface area (Å²) >= 11 is 0. The minimum atomic E-state index is -0.689. The molecule has 3 amide bonds. The van der Waals surface area contributed by atoms with E-state index < -0.39 is 5.41 Å². The van der Waals surface area contributed by atoms with Gasteiger partial charge in [0, 0.05) is 37.7 Å². The van der Waals surface area contributed by atoms with Crippen LogP contribution < -0.4 is 5.73 Å². The van der Waals surface area contributed by atoms with Gasteiger partial charge < -0.3 is 20.3 Å². The van der Waals surface area contributed by atoms with Gasteiger partial charge in [-0.25, -0.2) is 0 Å². The Morgan fingerprint density at radius 3 is 2.84 bits per heavy atom. The van der Waals surface area contributed by atoms with Crippen LogP contribution in [0.15, 0.2) is 24.3 Å². The molecule has 1 aromatic carbocycles. The van der Waals surface area contributed by atoms with Crippen molar-refractivity contribution in [2.45, 2.75) is 13.0 Å². The quantitative estimate of drug-likeness (QED) is 0.836. The number of hydrogen-bond donors (Lipinski definition) is 1. The Morgan fingerprint density at radius 2 is 2.12 bits per heavy atom. The summed E-state index contributed by atoms with van der Waals surface area (Å²) in [5.41, 5.74) is 6.56. The van der Waals surface area contributed by atoms with Gasteiger partial charge in [0.2, 0.25) is 11.8 Å². The van der Waals surface area contributed by atoms with Gasteiger partial charge in [0.1, 0.15) is 6.54 Å². The van der Waals surface area contributed by atoms with Crippen LogP contribution in [0.4, 0.5) is 0 Å². The third kappa shape index (κ3) is 2.50. The minimum absolute atomic E-state index is 0.0237. The highest BCUT2D eigenvalue weighted by Crippen LogP contribution is 2.42. The molecule has 1 aromatic rings. The van der Waals surface area contributed by atoms with Crippen molar-refractivity contribution in [2.75, 3.05) is 32.8 Å². The number of likely N-dealkylation sites (tertiary alicyclic amines) is 1. The topological polar surface area (TPSA) is 92.9 Å². The molecule has 2 atom stereocenters. The summed E-state index contributed by atoms with van der Waals surface area (Å²) in [6, 6.07) is 7.40. The lowest BCUT2D eigenvalue weighted by Gasteiger charge is -2.35. The van der Waals surface area contributed by atoms with Crippen LogP contribution in [0.5, 0.6) is 0 Å². The van der Waals surface area contributed by atoms with Gasteiger partial charge in [-0.15, -0.1) is 0 Å². The largest absolute Gasteiger partial charge is 0.381 e. The number of nitrogens with zero attached hydrogens (tertiary/aromatic N) is 2. The first-order chi connectivity index (χ1) is 12.0. The fourth-order valence-corrected chi connectivity index (χ4v) is 4.25. The molecule has 4 rings (SSSR count). The number of rotatable bonds is 3. The van der Waals surface area contributed by atoms with Crippen molar-refractivity contribution in [3.05, 3.63) is 35.4 Å². The summed E-state index contributed by atoms with van der Waals surface area (Å²) in [6.07, 6.45) is 0.546. The van der Waals surface area contributed by atoms with Gasteiger partial charge in [0.15, 0.2) is 0 Å². The summed E-state index contributed by atoms with van der Waals surface area (Å²) in [7, 11) is 0. The SMILES string of the molecule is NC(=O)[C@]12CCOC[C@H]1CN(C(=O)CN1Cc3ccccc3C1=O)C2. The number of hydrogen-bond acceptors (Lipinski definition) is 4. The van der Waals surface area contributed by atoms with Gasteiger partial charge in [-0.3, -0.25) is 14.4 Å². The van der Waals surface area contributed by atoms with Crippen molar-refractivity contribution in [1.82, 2.24) is 9.80 Å². The highest BCUT2D eigenvalue weighted by molar-refractivity contribution is 6.00. The first-order valence-corrected chi connectivity index (χ1v) is 8.54. The van der Waals surface area contributed by atoms with E-state index in [9.17, 15) is 14.4 Å². The Hall–Kier alpha value is -2.41. The molecular weight excluding hydrogens is 322 g/mol. The van der Waals surface area contributed by atoms with E-state index in [1.807, 2.05) is 18.2 Å². The molecule has 2 saturated heterocycles. The Morgan fingerprint density at radius 1 is 1.32 bits per heavy atom. The third-order valence-corrected chi connectivity index (χ3v) is 5.77. The Kier molecular flexibility index (Phi) is 3.76. The standard InChI is InChI=1S/C18H21N3O4/c19-17(24)18-5-6-25-10-13(18)8-21(11-18)15(22)9-20-7-12-3-1-2-4-14(12)16(20)23/h1-4,13H,5-11H2,(H2,19,24)/t13-,18+/m1/s1. The fourth-order valence-electron chi connectivity index (χ4n) is 4.25. The molecule has 7 heteroatoms. The summed E-state index contributed by atoms with van der Waals surface area (Å²) in [5, 5.41) is 0. The van der Waals surface area contributed by atoms with Crippen LogP contribution in [-0.4, -0.2) is 60.4 Å². The number of nitrogens with two attached hydrogens (primary N) is 1. The highest BCUT2D eigenvalue weighted by Gasteiger charge is 2.53. The van der Waals surface area contributed by atoms with Crippen LogP contribution in [-0.2, 0) is 20.9 Å². The van der Waals surface area contributed by atoms with E-state index in [1.165, 1.54) is 0 Å². The number of amides is 3. The van der Waals surface area contributed by atoms with Crippen molar-refractivity contribution in [3.8, 4) is 0 Å². The lowest BCUT2D eigenvalue weighted by molar-refractivity contribution is -0.136. The Balaban J connectivity index is 1.46. The van der Waals surface area contributed by atoms with Crippen LogP contribution in [0.1, 0.15) is 22.3 Å². The Labute approximate surface area is 145 Å². The average molecular weight is 343 g/mol. The van der Waals surface area contributed by atoms with Crippen LogP contribution in [0.2, 0.25) is 0 Å². The molecule has 2 N–H and O–H groups in total. The zero-order valence-electron chi connectivity index (χ0n) is 13.9. The maximum atomic E-state index is 12.7. The van der Waals surface area contributed by atoms with Crippen molar-refractivity contribution in [1.29, 1.82) is 0 Å². The van der Waals surface area contributed by atoms with Gasteiger partial charge in [0.25, 0.3) is 5.91 Å². The maximum absolute atomic E-state index is 12.7. The van der Waals surface area contributed by atoms with E-state index in [4.69, 9.17) is 10.5 Å². The number of carbonyl (C=O) groups excluding carboxylic acids is 3. The van der Waals surface area contributed by atoms with Gasteiger partial charge in [-0.05, 0) is 18.1 Å². The molecule has 3 aliphatic heterocycles. The molecule has 0 radical (unpaired) electrons. The molecule has 2 fully saturated rings. The van der Waals surface area contributed by atoms with Crippen molar-refractivity contribution < 1.29 is 19.1 Å². The molecule has 0 aromatic heterocycles. The number of ether oxygens (including phenoxy) is 1. The van der Waals surface area contributed by atoms with Gasteiger partial charge in [-0.1, -0.05) is 18.2 Å². The Bertz CT molecular complexity index is 750. The molecule has 3 heterocycles. The molecule has 0 unspecified atom stereocenters. The highest BCUT2D eigenvalue weighted by atomic mass is 16.5. The van der Waals surface area contributed by atoms with Crippen LogP contribution in [0.25, 0.3) is 0 Å². The number of primary amides is 1. The maximum Gasteiger partial charge on any atom is 0.254 e. The summed E-state index contributed by atoms with van der Waals surface area (Å²) < 4.78 is 5.47. The first-order valence-electron chi connectivity index (χ1n) is 8.54. The molecule has 3 aliphatic rings. The van der Waals surface area contributed by atoms with Crippen LogP contribution >= 0.6 is 0 Å².